The molecule has 8 heteroatoms. The number of aromatic nitrogens is 3. The van der Waals surface area contributed by atoms with Crippen LogP contribution in [0.2, 0.25) is 0 Å². The van der Waals surface area contributed by atoms with E-state index in [1.165, 1.54) is 4.57 Å². The third kappa shape index (κ3) is 6.39. The largest absolute Gasteiger partial charge is 0.456 e. The Bertz CT molecular complexity index is 1790. The van der Waals surface area contributed by atoms with Crippen LogP contribution >= 0.6 is 0 Å². The minimum atomic E-state index is -0.279. The van der Waals surface area contributed by atoms with Crippen LogP contribution in [0.15, 0.2) is 102 Å². The van der Waals surface area contributed by atoms with E-state index in [1.807, 2.05) is 73.7 Å². The molecule has 2 heterocycles. The number of anilines is 3. The van der Waals surface area contributed by atoms with Gasteiger partial charge in [-0.25, -0.2) is 4.98 Å². The number of carbonyl (C=O) groups excluding carboxylic acids is 1. The number of nitrogens with zero attached hydrogens (tertiary/aromatic N) is 3. The molecule has 0 aliphatic rings. The summed E-state index contributed by atoms with van der Waals surface area (Å²) in [4.78, 5) is 34.8. The summed E-state index contributed by atoms with van der Waals surface area (Å²) in [6.45, 7) is 8.34. The van der Waals surface area contributed by atoms with Gasteiger partial charge in [-0.15, -0.1) is 0 Å². The van der Waals surface area contributed by atoms with E-state index in [1.54, 1.807) is 37.8 Å². The second-order valence-corrected chi connectivity index (χ2v) is 11.1. The highest BCUT2D eigenvalue weighted by atomic mass is 16.5. The molecule has 5 rings (SSSR count). The lowest BCUT2D eigenvalue weighted by molar-refractivity contribution is 0.102. The van der Waals surface area contributed by atoms with E-state index in [4.69, 9.17) is 4.74 Å². The predicted octanol–water partition coefficient (Wildman–Crippen LogP) is 7.24. The highest BCUT2D eigenvalue weighted by molar-refractivity contribution is 6.05. The summed E-state index contributed by atoms with van der Waals surface area (Å²) in [6.07, 6.45) is 4.99. The number of benzene rings is 3. The molecule has 2 aromatic heterocycles. The Hall–Kier alpha value is -5.24. The molecular formula is C34H33N5O3. The van der Waals surface area contributed by atoms with Crippen molar-refractivity contribution >= 4 is 23.1 Å². The fourth-order valence-electron chi connectivity index (χ4n) is 4.50. The van der Waals surface area contributed by atoms with Gasteiger partial charge in [0.05, 0.1) is 11.9 Å². The average Bonchev–Trinajstić information content (AvgIpc) is 2.97. The quantitative estimate of drug-likeness (QED) is 0.218. The zero-order chi connectivity index (χ0) is 29.9. The van der Waals surface area contributed by atoms with Crippen molar-refractivity contribution in [2.24, 2.45) is 7.05 Å². The molecule has 0 aliphatic heterocycles. The Balaban J connectivity index is 1.39. The third-order valence-electron chi connectivity index (χ3n) is 6.91. The van der Waals surface area contributed by atoms with Crippen LogP contribution in [0, 0.1) is 6.92 Å². The highest BCUT2D eigenvalue weighted by Gasteiger charge is 2.17. The van der Waals surface area contributed by atoms with Gasteiger partial charge in [0.15, 0.2) is 5.82 Å². The molecule has 0 fully saturated rings. The molecule has 0 bridgehead atoms. The van der Waals surface area contributed by atoms with Gasteiger partial charge in [-0.1, -0.05) is 51.1 Å². The minimum Gasteiger partial charge on any atom is -0.456 e. The molecule has 0 atom stereocenters. The van der Waals surface area contributed by atoms with Gasteiger partial charge in [0.25, 0.3) is 11.5 Å². The van der Waals surface area contributed by atoms with Crippen LogP contribution in [0.25, 0.3) is 11.3 Å². The lowest BCUT2D eigenvalue weighted by atomic mass is 9.86. The summed E-state index contributed by atoms with van der Waals surface area (Å²) in [5.74, 6) is 1.17. The third-order valence-corrected chi connectivity index (χ3v) is 6.91. The van der Waals surface area contributed by atoms with Crippen LogP contribution in [-0.2, 0) is 12.5 Å². The highest BCUT2D eigenvalue weighted by Crippen LogP contribution is 2.29. The molecule has 3 aromatic carbocycles. The number of aryl methyl sites for hydroxylation is 1. The smallest absolute Gasteiger partial charge is 0.293 e. The number of amides is 1. The van der Waals surface area contributed by atoms with Crippen molar-refractivity contribution in [1.29, 1.82) is 0 Å². The standard InChI is InChI=1S/C34H33N5O3/c1-22-28(12-7-13-29(22)38-32(40)23-14-16-24(17-15-23)34(2,3)4)30-21-39(5)33(41)31(37-30)36-25-9-6-10-26(19-25)42-27-11-8-18-35-20-27/h6-21H,1-5H3,(H,36,37)(H,38,40). The fraction of sp³-hybridized carbons (Fsp3) is 0.176. The molecule has 0 spiro atoms. The molecule has 0 aliphatic carbocycles. The summed E-state index contributed by atoms with van der Waals surface area (Å²) in [7, 11) is 1.68. The van der Waals surface area contributed by atoms with E-state index < -0.39 is 0 Å². The van der Waals surface area contributed by atoms with Crippen LogP contribution in [0.4, 0.5) is 17.2 Å². The van der Waals surface area contributed by atoms with Crippen molar-refractivity contribution in [1.82, 2.24) is 14.5 Å². The topological polar surface area (TPSA) is 98.1 Å². The maximum atomic E-state index is 13.1. The van der Waals surface area contributed by atoms with E-state index in [9.17, 15) is 9.59 Å². The van der Waals surface area contributed by atoms with Gasteiger partial charge in [-0.2, -0.15) is 0 Å². The minimum absolute atomic E-state index is 0.00682. The van der Waals surface area contributed by atoms with E-state index in [2.05, 4.69) is 41.4 Å². The van der Waals surface area contributed by atoms with Crippen LogP contribution in [0.3, 0.4) is 0 Å². The van der Waals surface area contributed by atoms with Crippen molar-refractivity contribution in [2.75, 3.05) is 10.6 Å². The van der Waals surface area contributed by atoms with Gasteiger partial charge in [-0.05, 0) is 65.9 Å². The number of ether oxygens (including phenoxy) is 1. The van der Waals surface area contributed by atoms with Crippen LogP contribution in [0.1, 0.15) is 42.3 Å². The Morgan fingerprint density at radius 1 is 0.929 bits per heavy atom. The van der Waals surface area contributed by atoms with E-state index >= 15 is 0 Å². The fourth-order valence-corrected chi connectivity index (χ4v) is 4.50. The normalized spacial score (nSPS) is 11.2. The number of pyridine rings is 1. The van der Waals surface area contributed by atoms with Gasteiger partial charge in [0.2, 0.25) is 0 Å². The van der Waals surface area contributed by atoms with Crippen molar-refractivity contribution in [2.45, 2.75) is 33.1 Å². The van der Waals surface area contributed by atoms with E-state index in [0.29, 0.717) is 34.1 Å². The molecule has 0 radical (unpaired) electrons. The zero-order valence-electron chi connectivity index (χ0n) is 24.3. The molecule has 8 nitrogen and oxygen atoms in total. The second-order valence-electron chi connectivity index (χ2n) is 11.1. The van der Waals surface area contributed by atoms with Gasteiger partial charge < -0.3 is 19.9 Å². The Morgan fingerprint density at radius 2 is 1.67 bits per heavy atom. The first kappa shape index (κ1) is 28.3. The Morgan fingerprint density at radius 3 is 2.38 bits per heavy atom. The van der Waals surface area contributed by atoms with Gasteiger partial charge in [0, 0.05) is 48.0 Å². The molecular weight excluding hydrogens is 526 g/mol. The molecule has 0 saturated heterocycles. The lowest BCUT2D eigenvalue weighted by Crippen LogP contribution is -2.21. The van der Waals surface area contributed by atoms with E-state index in [-0.39, 0.29) is 22.7 Å². The Labute approximate surface area is 245 Å². The van der Waals surface area contributed by atoms with Gasteiger partial charge >= 0.3 is 0 Å². The van der Waals surface area contributed by atoms with Crippen molar-refractivity contribution < 1.29 is 9.53 Å². The summed E-state index contributed by atoms with van der Waals surface area (Å²) in [5.41, 5.74) is 5.00. The van der Waals surface area contributed by atoms with Crippen molar-refractivity contribution in [3.63, 3.8) is 0 Å². The molecule has 212 valence electrons. The molecule has 5 aromatic rings. The van der Waals surface area contributed by atoms with Crippen molar-refractivity contribution in [3.05, 3.63) is 124 Å². The number of nitrogens with one attached hydrogen (secondary N) is 2. The monoisotopic (exact) mass is 559 g/mol. The summed E-state index contributed by atoms with van der Waals surface area (Å²) in [6, 6.07) is 24.2. The average molecular weight is 560 g/mol. The van der Waals surface area contributed by atoms with E-state index in [0.717, 1.165) is 16.7 Å². The Kier molecular flexibility index (Phi) is 7.88. The predicted molar refractivity (Wildman–Crippen MR) is 167 cm³/mol. The molecule has 1 amide bonds. The number of hydrogen-bond acceptors (Lipinski definition) is 6. The first-order valence-electron chi connectivity index (χ1n) is 13.6. The number of carbonyl (C=O) groups is 1. The zero-order valence-corrected chi connectivity index (χ0v) is 24.3. The molecule has 42 heavy (non-hydrogen) atoms. The molecule has 0 unspecified atom stereocenters. The van der Waals surface area contributed by atoms with Gasteiger partial charge in [-0.3, -0.25) is 14.6 Å². The summed E-state index contributed by atoms with van der Waals surface area (Å²) < 4.78 is 7.36. The summed E-state index contributed by atoms with van der Waals surface area (Å²) >= 11 is 0. The van der Waals surface area contributed by atoms with Gasteiger partial charge in [0.1, 0.15) is 11.5 Å². The summed E-state index contributed by atoms with van der Waals surface area (Å²) in [5, 5.41) is 6.17. The first-order valence-corrected chi connectivity index (χ1v) is 13.6. The maximum absolute atomic E-state index is 13.1. The number of rotatable bonds is 7. The SMILES string of the molecule is Cc1c(NC(=O)c2ccc(C(C)(C)C)cc2)cccc1-c1cn(C)c(=O)c(Nc2cccc(Oc3cccnc3)c2)n1. The maximum Gasteiger partial charge on any atom is 0.293 e. The molecule has 2 N–H and O–H groups in total. The lowest BCUT2D eigenvalue weighted by Gasteiger charge is -2.19. The van der Waals surface area contributed by atoms with Crippen LogP contribution in [0.5, 0.6) is 11.5 Å². The van der Waals surface area contributed by atoms with Crippen LogP contribution < -0.4 is 20.9 Å². The van der Waals surface area contributed by atoms with Crippen LogP contribution in [-0.4, -0.2) is 20.4 Å². The molecule has 0 saturated carbocycles. The number of hydrogen-bond donors (Lipinski definition) is 2. The second kappa shape index (κ2) is 11.7. The van der Waals surface area contributed by atoms with Crippen molar-refractivity contribution in [3.8, 4) is 22.8 Å². The first-order chi connectivity index (χ1) is 20.1.